The molecule has 0 fully saturated rings. The number of rotatable bonds is 3. The third kappa shape index (κ3) is 3.81. The Balaban J connectivity index is 2.19. The van der Waals surface area contributed by atoms with Crippen LogP contribution in [0.3, 0.4) is 0 Å². The average molecular weight is 367 g/mol. The van der Waals surface area contributed by atoms with Crippen molar-refractivity contribution >= 4 is 44.8 Å². The highest BCUT2D eigenvalue weighted by Gasteiger charge is 2.08. The van der Waals surface area contributed by atoms with Crippen LogP contribution in [0, 0.1) is 11.6 Å². The van der Waals surface area contributed by atoms with Crippen LogP contribution in [0.4, 0.5) is 14.5 Å². The normalized spacial score (nSPS) is 10.6. The van der Waals surface area contributed by atoms with Crippen LogP contribution in [0.2, 0.25) is 10.0 Å². The van der Waals surface area contributed by atoms with Crippen molar-refractivity contribution in [1.29, 1.82) is 0 Å². The van der Waals surface area contributed by atoms with Gasteiger partial charge in [0.15, 0.2) is 0 Å². The smallest absolute Gasteiger partial charge is 0.125 e. The molecule has 0 aliphatic carbocycles. The third-order valence-electron chi connectivity index (χ3n) is 2.40. The fraction of sp³-hybridized carbons (Fsp3) is 0.0769. The highest BCUT2D eigenvalue weighted by atomic mass is 79.9. The maximum absolute atomic E-state index is 13.2. The Kier molecular flexibility index (Phi) is 4.66. The summed E-state index contributed by atoms with van der Waals surface area (Å²) in [6.07, 6.45) is 0. The van der Waals surface area contributed by atoms with Crippen LogP contribution in [0.25, 0.3) is 0 Å². The first-order valence-electron chi connectivity index (χ1n) is 5.29. The molecule has 0 unspecified atom stereocenters. The van der Waals surface area contributed by atoms with E-state index in [1.54, 1.807) is 6.07 Å². The number of hydrogen-bond acceptors (Lipinski definition) is 1. The Morgan fingerprint density at radius 3 is 2.32 bits per heavy atom. The van der Waals surface area contributed by atoms with Crippen LogP contribution >= 0.6 is 39.1 Å². The first-order valence-corrected chi connectivity index (χ1v) is 6.84. The molecule has 1 nitrogen and oxygen atoms in total. The maximum Gasteiger partial charge on any atom is 0.125 e. The van der Waals surface area contributed by atoms with E-state index < -0.39 is 11.6 Å². The van der Waals surface area contributed by atoms with Gasteiger partial charge in [0.1, 0.15) is 11.6 Å². The van der Waals surface area contributed by atoms with Gasteiger partial charge in [0.2, 0.25) is 0 Å². The second kappa shape index (κ2) is 6.07. The molecule has 0 spiro atoms. The predicted octanol–water partition coefficient (Wildman–Crippen LogP) is 5.65. The average Bonchev–Trinajstić information content (AvgIpc) is 2.25. The molecule has 2 rings (SSSR count). The van der Waals surface area contributed by atoms with Crippen molar-refractivity contribution in [3.8, 4) is 0 Å². The molecule has 6 heteroatoms. The molecule has 2 aromatic rings. The molecule has 0 atom stereocenters. The summed E-state index contributed by atoms with van der Waals surface area (Å²) < 4.78 is 26.7. The highest BCUT2D eigenvalue weighted by Crippen LogP contribution is 2.32. The maximum atomic E-state index is 13.2. The molecule has 0 aromatic heterocycles. The highest BCUT2D eigenvalue weighted by molar-refractivity contribution is 9.10. The largest absolute Gasteiger partial charge is 0.379 e. The fourth-order valence-corrected chi connectivity index (χ4v) is 2.82. The Morgan fingerprint density at radius 2 is 1.68 bits per heavy atom. The second-order valence-corrected chi connectivity index (χ2v) is 5.57. The molecule has 2 aromatic carbocycles. The standard InChI is InChI=1S/C13H8BrCl2F2N/c14-11-4-10(18)5-12(16)13(11)19-6-7-1-8(15)3-9(17)2-7/h1-5,19H,6H2. The summed E-state index contributed by atoms with van der Waals surface area (Å²) in [4.78, 5) is 0. The van der Waals surface area contributed by atoms with E-state index >= 15 is 0 Å². The van der Waals surface area contributed by atoms with Crippen LogP contribution in [0.5, 0.6) is 0 Å². The number of hydrogen-bond donors (Lipinski definition) is 1. The van der Waals surface area contributed by atoms with Crippen LogP contribution in [-0.2, 0) is 6.54 Å². The topological polar surface area (TPSA) is 12.0 Å². The first-order chi connectivity index (χ1) is 8.95. The van der Waals surface area contributed by atoms with Gasteiger partial charge >= 0.3 is 0 Å². The van der Waals surface area contributed by atoms with E-state index in [1.807, 2.05) is 0 Å². The van der Waals surface area contributed by atoms with Gasteiger partial charge in [0.05, 0.1) is 10.7 Å². The Hall–Kier alpha value is -0.840. The molecule has 0 saturated carbocycles. The summed E-state index contributed by atoms with van der Waals surface area (Å²) in [6.45, 7) is 0.321. The monoisotopic (exact) mass is 365 g/mol. The molecule has 0 bridgehead atoms. The lowest BCUT2D eigenvalue weighted by Crippen LogP contribution is -2.01. The van der Waals surface area contributed by atoms with Gasteiger partial charge in [-0.3, -0.25) is 0 Å². The van der Waals surface area contributed by atoms with E-state index in [9.17, 15) is 8.78 Å². The van der Waals surface area contributed by atoms with Crippen molar-refractivity contribution in [1.82, 2.24) is 0 Å². The molecule has 0 radical (unpaired) electrons. The fourth-order valence-electron chi connectivity index (χ4n) is 1.61. The van der Waals surface area contributed by atoms with E-state index in [4.69, 9.17) is 23.2 Å². The van der Waals surface area contributed by atoms with Crippen molar-refractivity contribution in [2.45, 2.75) is 6.54 Å². The van der Waals surface area contributed by atoms with Crippen LogP contribution < -0.4 is 5.32 Å². The van der Waals surface area contributed by atoms with Crippen molar-refractivity contribution in [3.63, 3.8) is 0 Å². The van der Waals surface area contributed by atoms with Gasteiger partial charge in [-0.1, -0.05) is 23.2 Å². The number of halogens is 5. The molecule has 0 saturated heterocycles. The summed E-state index contributed by atoms with van der Waals surface area (Å²) in [5.41, 5.74) is 1.21. The predicted molar refractivity (Wildman–Crippen MR) is 77.8 cm³/mol. The summed E-state index contributed by atoms with van der Waals surface area (Å²) in [7, 11) is 0. The zero-order valence-corrected chi connectivity index (χ0v) is 12.6. The Labute approximate surface area is 127 Å². The van der Waals surface area contributed by atoms with Gasteiger partial charge < -0.3 is 5.32 Å². The quantitative estimate of drug-likeness (QED) is 0.740. The second-order valence-electron chi connectivity index (χ2n) is 3.88. The third-order valence-corrected chi connectivity index (χ3v) is 3.54. The minimum Gasteiger partial charge on any atom is -0.379 e. The first kappa shape index (κ1) is 14.6. The summed E-state index contributed by atoms with van der Waals surface area (Å²) in [5.74, 6) is -0.843. The van der Waals surface area contributed by atoms with Crippen LogP contribution in [-0.4, -0.2) is 0 Å². The number of benzene rings is 2. The minimum absolute atomic E-state index is 0.245. The SMILES string of the molecule is Fc1cc(Cl)cc(CNc2c(Cl)cc(F)cc2Br)c1. The lowest BCUT2D eigenvalue weighted by molar-refractivity contribution is 0.626. The minimum atomic E-state index is -0.434. The molecular weight excluding hydrogens is 359 g/mol. The van der Waals surface area contributed by atoms with E-state index in [1.165, 1.54) is 24.3 Å². The molecular formula is C13H8BrCl2F2N. The van der Waals surface area contributed by atoms with Gasteiger partial charge in [0, 0.05) is 16.0 Å². The molecule has 100 valence electrons. The van der Waals surface area contributed by atoms with Crippen LogP contribution in [0.1, 0.15) is 5.56 Å². The van der Waals surface area contributed by atoms with Gasteiger partial charge in [-0.05, 0) is 51.8 Å². The number of anilines is 1. The molecule has 0 amide bonds. The van der Waals surface area contributed by atoms with Gasteiger partial charge in [-0.15, -0.1) is 0 Å². The van der Waals surface area contributed by atoms with Crippen molar-refractivity contribution in [2.24, 2.45) is 0 Å². The van der Waals surface area contributed by atoms with Crippen LogP contribution in [0.15, 0.2) is 34.8 Å². The lowest BCUT2D eigenvalue weighted by Gasteiger charge is -2.11. The van der Waals surface area contributed by atoms with Gasteiger partial charge in [0.25, 0.3) is 0 Å². The van der Waals surface area contributed by atoms with E-state index in [-0.39, 0.29) is 5.02 Å². The Morgan fingerprint density at radius 1 is 1.00 bits per heavy atom. The molecule has 0 aliphatic heterocycles. The van der Waals surface area contributed by atoms with Gasteiger partial charge in [-0.2, -0.15) is 0 Å². The zero-order chi connectivity index (χ0) is 14.0. The Bertz CT molecular complexity index is 576. The molecule has 0 aliphatic rings. The summed E-state index contributed by atoms with van der Waals surface area (Å²) in [5, 5.41) is 3.57. The lowest BCUT2D eigenvalue weighted by atomic mass is 10.2. The van der Waals surface area contributed by atoms with Crippen molar-refractivity contribution < 1.29 is 8.78 Å². The summed E-state index contributed by atoms with van der Waals surface area (Å²) >= 11 is 14.9. The van der Waals surface area contributed by atoms with Gasteiger partial charge in [-0.25, -0.2) is 8.78 Å². The molecule has 19 heavy (non-hydrogen) atoms. The summed E-state index contributed by atoms with van der Waals surface area (Å²) in [6, 6.07) is 6.74. The van der Waals surface area contributed by atoms with Crippen molar-refractivity contribution in [2.75, 3.05) is 5.32 Å². The van der Waals surface area contributed by atoms with E-state index in [0.29, 0.717) is 27.3 Å². The van der Waals surface area contributed by atoms with E-state index in [2.05, 4.69) is 21.2 Å². The molecule has 0 heterocycles. The van der Waals surface area contributed by atoms with E-state index in [0.717, 1.165) is 0 Å². The zero-order valence-electron chi connectivity index (χ0n) is 9.48. The molecule has 1 N–H and O–H groups in total. The van der Waals surface area contributed by atoms with Crippen molar-refractivity contribution in [3.05, 3.63) is 62.0 Å². The number of nitrogens with one attached hydrogen (secondary N) is 1.